The molecule has 7 heteroatoms. The van der Waals surface area contributed by atoms with Gasteiger partial charge in [0.15, 0.2) is 5.78 Å². The lowest BCUT2D eigenvalue weighted by atomic mass is 10.1. The SMILES string of the molecule is CSCC[C@H](NC(=O)O)C(=O)Nc1ccc2c(c1)CCC2=O. The van der Waals surface area contributed by atoms with Crippen LogP contribution in [0.25, 0.3) is 0 Å². The lowest BCUT2D eigenvalue weighted by molar-refractivity contribution is -0.118. The number of thioether (sulfide) groups is 1. The highest BCUT2D eigenvalue weighted by Gasteiger charge is 2.22. The Bertz CT molecular complexity index is 603. The number of nitrogens with one attached hydrogen (secondary N) is 2. The molecule has 1 aromatic carbocycles. The molecule has 2 rings (SSSR count). The van der Waals surface area contributed by atoms with Crippen LogP contribution in [0.4, 0.5) is 10.5 Å². The normalized spacial score (nSPS) is 14.3. The van der Waals surface area contributed by atoms with Gasteiger partial charge in [0.1, 0.15) is 6.04 Å². The molecule has 0 fully saturated rings. The zero-order valence-corrected chi connectivity index (χ0v) is 13.0. The highest BCUT2D eigenvalue weighted by molar-refractivity contribution is 7.98. The van der Waals surface area contributed by atoms with E-state index in [1.54, 1.807) is 30.0 Å². The summed E-state index contributed by atoms with van der Waals surface area (Å²) in [6.45, 7) is 0. The summed E-state index contributed by atoms with van der Waals surface area (Å²) in [7, 11) is 0. The number of carbonyl (C=O) groups is 3. The maximum Gasteiger partial charge on any atom is 0.405 e. The van der Waals surface area contributed by atoms with Crippen LogP contribution in [0, 0.1) is 0 Å². The molecule has 0 saturated carbocycles. The summed E-state index contributed by atoms with van der Waals surface area (Å²) in [5.41, 5.74) is 2.22. The van der Waals surface area contributed by atoms with Crippen molar-refractivity contribution in [3.8, 4) is 0 Å². The Morgan fingerprint density at radius 1 is 1.36 bits per heavy atom. The molecule has 2 amide bonds. The number of anilines is 1. The topological polar surface area (TPSA) is 95.5 Å². The fraction of sp³-hybridized carbons (Fsp3) is 0.400. The molecule has 0 saturated heterocycles. The van der Waals surface area contributed by atoms with Gasteiger partial charge in [0.25, 0.3) is 0 Å². The van der Waals surface area contributed by atoms with Crippen LogP contribution in [-0.2, 0) is 11.2 Å². The number of amides is 2. The summed E-state index contributed by atoms with van der Waals surface area (Å²) in [6, 6.07) is 4.37. The van der Waals surface area contributed by atoms with Crippen LogP contribution in [0.2, 0.25) is 0 Å². The fourth-order valence-electron chi connectivity index (χ4n) is 2.42. The number of rotatable bonds is 6. The van der Waals surface area contributed by atoms with Gasteiger partial charge in [-0.15, -0.1) is 0 Å². The van der Waals surface area contributed by atoms with E-state index in [9.17, 15) is 14.4 Å². The van der Waals surface area contributed by atoms with Gasteiger partial charge in [-0.2, -0.15) is 11.8 Å². The molecule has 0 bridgehead atoms. The smallest absolute Gasteiger partial charge is 0.405 e. The lowest BCUT2D eigenvalue weighted by Crippen LogP contribution is -2.43. The molecule has 1 aliphatic rings. The van der Waals surface area contributed by atoms with Crippen molar-refractivity contribution in [1.82, 2.24) is 5.32 Å². The maximum atomic E-state index is 12.2. The van der Waals surface area contributed by atoms with Crippen molar-refractivity contribution in [3.05, 3.63) is 29.3 Å². The number of Topliss-reactive ketones (excluding diaryl/α,β-unsaturated/α-hetero) is 1. The molecular weight excluding hydrogens is 304 g/mol. The third-order valence-corrected chi connectivity index (χ3v) is 4.16. The Hall–Kier alpha value is -2.02. The standard InChI is InChI=1S/C15H18N2O4S/c1-22-7-6-12(17-15(20)21)14(19)16-10-3-4-11-9(8-10)2-5-13(11)18/h3-4,8,12,17H,2,5-7H2,1H3,(H,16,19)(H,20,21)/t12-/m0/s1. The van der Waals surface area contributed by atoms with E-state index < -0.39 is 12.1 Å². The molecule has 6 nitrogen and oxygen atoms in total. The van der Waals surface area contributed by atoms with E-state index in [0.717, 1.165) is 5.56 Å². The fourth-order valence-corrected chi connectivity index (χ4v) is 2.89. The van der Waals surface area contributed by atoms with E-state index in [1.807, 2.05) is 6.26 Å². The van der Waals surface area contributed by atoms with E-state index in [1.165, 1.54) is 0 Å². The van der Waals surface area contributed by atoms with Crippen LogP contribution < -0.4 is 10.6 Å². The summed E-state index contributed by atoms with van der Waals surface area (Å²) in [4.78, 5) is 34.6. The van der Waals surface area contributed by atoms with Crippen LogP contribution in [0.15, 0.2) is 18.2 Å². The number of fused-ring (bicyclic) bond motifs is 1. The monoisotopic (exact) mass is 322 g/mol. The minimum atomic E-state index is -1.22. The predicted octanol–water partition coefficient (Wildman–Crippen LogP) is 2.14. The zero-order valence-electron chi connectivity index (χ0n) is 12.2. The molecule has 0 unspecified atom stereocenters. The molecule has 0 radical (unpaired) electrons. The molecule has 3 N–H and O–H groups in total. The van der Waals surface area contributed by atoms with Crippen molar-refractivity contribution in [2.45, 2.75) is 25.3 Å². The van der Waals surface area contributed by atoms with Gasteiger partial charge in [-0.25, -0.2) is 4.79 Å². The van der Waals surface area contributed by atoms with Crippen molar-refractivity contribution in [3.63, 3.8) is 0 Å². The van der Waals surface area contributed by atoms with Crippen LogP contribution in [0.1, 0.15) is 28.8 Å². The summed E-state index contributed by atoms with van der Waals surface area (Å²) in [5.74, 6) is 0.413. The molecule has 0 heterocycles. The van der Waals surface area contributed by atoms with E-state index in [0.29, 0.717) is 36.3 Å². The number of carboxylic acid groups (broad SMARTS) is 1. The van der Waals surface area contributed by atoms with Crippen LogP contribution in [-0.4, -0.2) is 40.9 Å². The Morgan fingerprint density at radius 3 is 2.82 bits per heavy atom. The second kappa shape index (κ2) is 7.31. The van der Waals surface area contributed by atoms with E-state index in [2.05, 4.69) is 10.6 Å². The Balaban J connectivity index is 2.05. The first-order valence-electron chi connectivity index (χ1n) is 6.96. The summed E-state index contributed by atoms with van der Waals surface area (Å²) >= 11 is 1.55. The molecular formula is C15H18N2O4S. The number of aryl methyl sites for hydroxylation is 1. The minimum absolute atomic E-state index is 0.123. The van der Waals surface area contributed by atoms with E-state index in [-0.39, 0.29) is 11.7 Å². The largest absolute Gasteiger partial charge is 0.465 e. The Morgan fingerprint density at radius 2 is 2.14 bits per heavy atom. The van der Waals surface area contributed by atoms with Crippen LogP contribution in [0.5, 0.6) is 0 Å². The van der Waals surface area contributed by atoms with Gasteiger partial charge in [-0.1, -0.05) is 0 Å². The second-order valence-electron chi connectivity index (χ2n) is 5.07. The first-order valence-corrected chi connectivity index (χ1v) is 8.36. The van der Waals surface area contributed by atoms with Crippen molar-refractivity contribution < 1.29 is 19.5 Å². The number of benzene rings is 1. The van der Waals surface area contributed by atoms with Gasteiger partial charge >= 0.3 is 6.09 Å². The zero-order chi connectivity index (χ0) is 16.1. The Labute approximate surface area is 132 Å². The molecule has 118 valence electrons. The average molecular weight is 322 g/mol. The first kappa shape index (κ1) is 16.4. The van der Waals surface area contributed by atoms with E-state index in [4.69, 9.17) is 5.11 Å². The highest BCUT2D eigenvalue weighted by atomic mass is 32.2. The van der Waals surface area contributed by atoms with E-state index >= 15 is 0 Å². The maximum absolute atomic E-state index is 12.2. The molecule has 1 aliphatic carbocycles. The van der Waals surface area contributed by atoms with Crippen molar-refractivity contribution >= 4 is 35.2 Å². The van der Waals surface area contributed by atoms with Crippen LogP contribution in [0.3, 0.4) is 0 Å². The lowest BCUT2D eigenvalue weighted by Gasteiger charge is -2.16. The Kier molecular flexibility index (Phi) is 5.43. The average Bonchev–Trinajstić information content (AvgIpc) is 2.84. The summed E-state index contributed by atoms with van der Waals surface area (Å²) in [6.07, 6.45) is 2.28. The van der Waals surface area contributed by atoms with Gasteiger partial charge in [-0.05, 0) is 48.6 Å². The first-order chi connectivity index (χ1) is 10.5. The predicted molar refractivity (Wildman–Crippen MR) is 85.7 cm³/mol. The van der Waals surface area contributed by atoms with Crippen LogP contribution >= 0.6 is 11.8 Å². The van der Waals surface area contributed by atoms with Crippen molar-refractivity contribution in [2.75, 3.05) is 17.3 Å². The van der Waals surface area contributed by atoms with Gasteiger partial charge < -0.3 is 15.7 Å². The quantitative estimate of drug-likeness (QED) is 0.746. The molecule has 22 heavy (non-hydrogen) atoms. The minimum Gasteiger partial charge on any atom is -0.465 e. The summed E-state index contributed by atoms with van der Waals surface area (Å²) in [5, 5.41) is 13.8. The number of carbonyl (C=O) groups excluding carboxylic acids is 2. The number of hydrogen-bond acceptors (Lipinski definition) is 4. The van der Waals surface area contributed by atoms with Gasteiger partial charge in [-0.3, -0.25) is 9.59 Å². The number of hydrogen-bond donors (Lipinski definition) is 3. The molecule has 0 aliphatic heterocycles. The third kappa shape index (κ3) is 4.00. The van der Waals surface area contributed by atoms with Crippen molar-refractivity contribution in [2.24, 2.45) is 0 Å². The second-order valence-corrected chi connectivity index (χ2v) is 6.05. The highest BCUT2D eigenvalue weighted by Crippen LogP contribution is 2.25. The molecule has 0 aromatic heterocycles. The molecule has 0 spiro atoms. The third-order valence-electron chi connectivity index (χ3n) is 3.52. The van der Waals surface area contributed by atoms with Crippen molar-refractivity contribution in [1.29, 1.82) is 0 Å². The van der Waals surface area contributed by atoms with Gasteiger partial charge in [0, 0.05) is 17.7 Å². The number of ketones is 1. The molecule has 1 atom stereocenters. The van der Waals surface area contributed by atoms with Gasteiger partial charge in [0.05, 0.1) is 0 Å². The molecule has 1 aromatic rings. The van der Waals surface area contributed by atoms with Gasteiger partial charge in [0.2, 0.25) is 5.91 Å². The summed E-state index contributed by atoms with van der Waals surface area (Å²) < 4.78 is 0.